The van der Waals surface area contributed by atoms with E-state index in [2.05, 4.69) is 15.9 Å². The third kappa shape index (κ3) is 1.66. The van der Waals surface area contributed by atoms with Gasteiger partial charge in [-0.3, -0.25) is 0 Å². The molecule has 1 unspecified atom stereocenters. The summed E-state index contributed by atoms with van der Waals surface area (Å²) in [6, 6.07) is 0. The SMILES string of the molecule is NC1=CC(Br)CC(C(=O)O)=C1F. The van der Waals surface area contributed by atoms with E-state index in [0.717, 1.165) is 0 Å². The predicted octanol–water partition coefficient (Wildman–Crippen LogP) is 1.30. The molecule has 0 radical (unpaired) electrons. The first-order chi connectivity index (χ1) is 5.52. The Labute approximate surface area is 76.9 Å². The lowest BCUT2D eigenvalue weighted by Gasteiger charge is -2.14. The van der Waals surface area contributed by atoms with Crippen LogP contribution in [0.5, 0.6) is 0 Å². The Hall–Kier alpha value is -0.840. The van der Waals surface area contributed by atoms with Crippen LogP contribution in [0.4, 0.5) is 4.39 Å². The lowest BCUT2D eigenvalue weighted by molar-refractivity contribution is -0.132. The maximum atomic E-state index is 13.0. The van der Waals surface area contributed by atoms with Crippen molar-refractivity contribution in [1.29, 1.82) is 0 Å². The molecule has 5 heteroatoms. The molecule has 0 saturated carbocycles. The zero-order chi connectivity index (χ0) is 9.30. The van der Waals surface area contributed by atoms with E-state index in [1.165, 1.54) is 6.08 Å². The van der Waals surface area contributed by atoms with E-state index in [9.17, 15) is 9.18 Å². The largest absolute Gasteiger partial charge is 0.478 e. The van der Waals surface area contributed by atoms with E-state index >= 15 is 0 Å². The summed E-state index contributed by atoms with van der Waals surface area (Å²) < 4.78 is 13.0. The highest BCUT2D eigenvalue weighted by atomic mass is 79.9. The van der Waals surface area contributed by atoms with Gasteiger partial charge in [0.1, 0.15) is 0 Å². The van der Waals surface area contributed by atoms with Gasteiger partial charge in [-0.15, -0.1) is 0 Å². The molecular formula is C7H7BrFNO2. The van der Waals surface area contributed by atoms with E-state index in [-0.39, 0.29) is 22.5 Å². The van der Waals surface area contributed by atoms with E-state index in [1.54, 1.807) is 0 Å². The monoisotopic (exact) mass is 235 g/mol. The van der Waals surface area contributed by atoms with Crippen LogP contribution in [0.2, 0.25) is 0 Å². The maximum absolute atomic E-state index is 13.0. The second-order valence-corrected chi connectivity index (χ2v) is 3.62. The van der Waals surface area contributed by atoms with E-state index in [0.29, 0.717) is 0 Å². The van der Waals surface area contributed by atoms with Gasteiger partial charge in [-0.25, -0.2) is 9.18 Å². The molecule has 66 valence electrons. The Morgan fingerprint density at radius 1 is 1.83 bits per heavy atom. The molecular weight excluding hydrogens is 229 g/mol. The molecule has 1 aliphatic rings. The second-order valence-electron chi connectivity index (χ2n) is 2.44. The Morgan fingerprint density at radius 3 is 2.92 bits per heavy atom. The zero-order valence-electron chi connectivity index (χ0n) is 6.05. The number of alkyl halides is 1. The zero-order valence-corrected chi connectivity index (χ0v) is 7.64. The molecule has 0 aromatic heterocycles. The second kappa shape index (κ2) is 3.26. The van der Waals surface area contributed by atoms with Gasteiger partial charge in [0.05, 0.1) is 11.3 Å². The van der Waals surface area contributed by atoms with Crippen molar-refractivity contribution in [3.8, 4) is 0 Å². The molecule has 12 heavy (non-hydrogen) atoms. The normalized spacial score (nSPS) is 23.8. The third-order valence-electron chi connectivity index (χ3n) is 1.54. The van der Waals surface area contributed by atoms with Crippen LogP contribution in [0.1, 0.15) is 6.42 Å². The smallest absolute Gasteiger partial charge is 0.334 e. The molecule has 0 aromatic carbocycles. The number of rotatable bonds is 1. The summed E-state index contributed by atoms with van der Waals surface area (Å²) in [6.45, 7) is 0. The van der Waals surface area contributed by atoms with Crippen molar-refractivity contribution in [1.82, 2.24) is 0 Å². The van der Waals surface area contributed by atoms with E-state index < -0.39 is 11.8 Å². The van der Waals surface area contributed by atoms with Gasteiger partial charge < -0.3 is 10.8 Å². The van der Waals surface area contributed by atoms with Crippen LogP contribution in [0.25, 0.3) is 0 Å². The number of halogens is 2. The summed E-state index contributed by atoms with van der Waals surface area (Å²) >= 11 is 3.14. The van der Waals surface area contributed by atoms with E-state index in [1.807, 2.05) is 0 Å². The van der Waals surface area contributed by atoms with Crippen LogP contribution in [-0.4, -0.2) is 15.9 Å². The molecule has 0 saturated heterocycles. The Morgan fingerprint density at radius 2 is 2.42 bits per heavy atom. The molecule has 0 spiro atoms. The molecule has 1 atom stereocenters. The summed E-state index contributed by atoms with van der Waals surface area (Å²) in [5.74, 6) is -2.08. The quantitative estimate of drug-likeness (QED) is 0.674. The number of carbonyl (C=O) groups is 1. The molecule has 0 aromatic rings. The van der Waals surface area contributed by atoms with Crippen LogP contribution in [-0.2, 0) is 4.79 Å². The van der Waals surface area contributed by atoms with Gasteiger partial charge in [0.15, 0.2) is 5.83 Å². The molecule has 3 nitrogen and oxygen atoms in total. The fourth-order valence-electron chi connectivity index (χ4n) is 0.967. The predicted molar refractivity (Wildman–Crippen MR) is 45.4 cm³/mol. The van der Waals surface area contributed by atoms with E-state index in [4.69, 9.17) is 10.8 Å². The van der Waals surface area contributed by atoms with Crippen molar-refractivity contribution in [2.24, 2.45) is 5.73 Å². The van der Waals surface area contributed by atoms with Crippen LogP contribution < -0.4 is 5.73 Å². The van der Waals surface area contributed by atoms with Crippen LogP contribution in [0, 0.1) is 0 Å². The van der Waals surface area contributed by atoms with Crippen molar-refractivity contribution in [3.05, 3.63) is 23.2 Å². The number of hydrogen-bond acceptors (Lipinski definition) is 2. The first-order valence-electron chi connectivity index (χ1n) is 3.26. The molecule has 0 heterocycles. The topological polar surface area (TPSA) is 63.3 Å². The average Bonchev–Trinajstić information content (AvgIpc) is 1.96. The molecule has 0 aliphatic heterocycles. The van der Waals surface area contributed by atoms with Crippen molar-refractivity contribution in [3.63, 3.8) is 0 Å². The number of allylic oxidation sites excluding steroid dienone is 2. The lowest BCUT2D eigenvalue weighted by Crippen LogP contribution is -2.17. The van der Waals surface area contributed by atoms with Crippen molar-refractivity contribution >= 4 is 21.9 Å². The Balaban J connectivity index is 3.05. The molecule has 1 rings (SSSR count). The van der Waals surface area contributed by atoms with Crippen LogP contribution >= 0.6 is 15.9 Å². The highest BCUT2D eigenvalue weighted by Crippen LogP contribution is 2.27. The van der Waals surface area contributed by atoms with Crippen LogP contribution in [0.15, 0.2) is 23.2 Å². The Bertz CT molecular complexity index is 285. The van der Waals surface area contributed by atoms with Gasteiger partial charge in [-0.05, 0) is 12.5 Å². The third-order valence-corrected chi connectivity index (χ3v) is 2.12. The first kappa shape index (κ1) is 9.25. The van der Waals surface area contributed by atoms with Crippen molar-refractivity contribution < 1.29 is 14.3 Å². The highest BCUT2D eigenvalue weighted by molar-refractivity contribution is 9.09. The first-order valence-corrected chi connectivity index (χ1v) is 4.17. The van der Waals surface area contributed by atoms with Crippen LogP contribution in [0.3, 0.4) is 0 Å². The average molecular weight is 236 g/mol. The number of carboxylic acids is 1. The molecule has 1 aliphatic carbocycles. The highest BCUT2D eigenvalue weighted by Gasteiger charge is 2.23. The van der Waals surface area contributed by atoms with Crippen molar-refractivity contribution in [2.75, 3.05) is 0 Å². The fraction of sp³-hybridized carbons (Fsp3) is 0.286. The number of hydrogen-bond donors (Lipinski definition) is 2. The fourth-order valence-corrected chi connectivity index (χ4v) is 1.58. The standard InChI is InChI=1S/C7H7BrFNO2/c8-3-1-4(7(11)12)6(9)5(10)2-3/h2-3H,1,10H2,(H,11,12). The Kier molecular flexibility index (Phi) is 2.52. The number of carboxylic acid groups (broad SMARTS) is 1. The minimum atomic E-state index is -1.26. The summed E-state index contributed by atoms with van der Waals surface area (Å²) in [4.78, 5) is 10.3. The summed E-state index contributed by atoms with van der Waals surface area (Å²) in [6.07, 6.45) is 1.57. The van der Waals surface area contributed by atoms with Gasteiger partial charge in [-0.1, -0.05) is 15.9 Å². The van der Waals surface area contributed by atoms with Gasteiger partial charge in [-0.2, -0.15) is 0 Å². The van der Waals surface area contributed by atoms with Gasteiger partial charge >= 0.3 is 5.97 Å². The van der Waals surface area contributed by atoms with Gasteiger partial charge in [0, 0.05) is 4.83 Å². The minimum Gasteiger partial charge on any atom is -0.478 e. The molecule has 0 amide bonds. The van der Waals surface area contributed by atoms with Gasteiger partial charge in [0.25, 0.3) is 0 Å². The minimum absolute atomic E-state index is 0.111. The lowest BCUT2D eigenvalue weighted by atomic mass is 10.0. The molecule has 0 bridgehead atoms. The summed E-state index contributed by atoms with van der Waals surface area (Å²) in [5.41, 5.74) is 4.85. The summed E-state index contributed by atoms with van der Waals surface area (Å²) in [5, 5.41) is 8.54. The molecule has 3 N–H and O–H groups in total. The number of nitrogens with two attached hydrogens (primary N) is 1. The van der Waals surface area contributed by atoms with Gasteiger partial charge in [0.2, 0.25) is 0 Å². The molecule has 0 fully saturated rings. The van der Waals surface area contributed by atoms with Crippen molar-refractivity contribution in [2.45, 2.75) is 11.2 Å². The number of aliphatic carboxylic acids is 1. The maximum Gasteiger partial charge on any atom is 0.334 e. The summed E-state index contributed by atoms with van der Waals surface area (Å²) in [7, 11) is 0.